The van der Waals surface area contributed by atoms with Gasteiger partial charge in [0.05, 0.1) is 0 Å². The maximum atomic E-state index is 2.21. The standard InChI is InChI=1S/C6H8.Hf/c1-6-4-2-3-5-6;/h2,4-5H,3H2,1H3;. The number of hydrogen-bond donors (Lipinski definition) is 0. The van der Waals surface area contributed by atoms with Gasteiger partial charge in [0.2, 0.25) is 0 Å². The Morgan fingerprint density at radius 2 is 2.29 bits per heavy atom. The Hall–Kier alpha value is 0.350. The van der Waals surface area contributed by atoms with Gasteiger partial charge in [-0.3, -0.25) is 0 Å². The average Bonchev–Trinajstić information content (AvgIpc) is 1.86. The van der Waals surface area contributed by atoms with Crippen LogP contribution in [0.5, 0.6) is 0 Å². The Labute approximate surface area is 63.1 Å². The van der Waals surface area contributed by atoms with Crippen LogP contribution in [0.1, 0.15) is 13.3 Å². The summed E-state index contributed by atoms with van der Waals surface area (Å²) < 4.78 is 0. The fourth-order valence-corrected chi connectivity index (χ4v) is 0.576. The quantitative estimate of drug-likeness (QED) is 0.582. The Morgan fingerprint density at radius 3 is 2.43 bits per heavy atom. The van der Waals surface area contributed by atoms with Gasteiger partial charge in [-0.1, -0.05) is 23.8 Å². The van der Waals surface area contributed by atoms with E-state index in [0.717, 1.165) is 6.42 Å². The van der Waals surface area contributed by atoms with Crippen molar-refractivity contribution in [2.75, 3.05) is 0 Å². The topological polar surface area (TPSA) is 0 Å². The summed E-state index contributed by atoms with van der Waals surface area (Å²) in [4.78, 5) is 0. The minimum absolute atomic E-state index is 0. The second-order valence-corrected chi connectivity index (χ2v) is 1.59. The van der Waals surface area contributed by atoms with Gasteiger partial charge >= 0.3 is 0 Å². The van der Waals surface area contributed by atoms with E-state index in [1.54, 1.807) is 0 Å². The Bertz CT molecular complexity index is 98.0. The summed E-state index contributed by atoms with van der Waals surface area (Å²) in [5, 5.41) is 0. The molecule has 1 rings (SSSR count). The van der Waals surface area contributed by atoms with Gasteiger partial charge in [0, 0.05) is 25.8 Å². The van der Waals surface area contributed by atoms with Crippen molar-refractivity contribution in [3.8, 4) is 0 Å². The van der Waals surface area contributed by atoms with Crippen LogP contribution in [-0.4, -0.2) is 0 Å². The molecule has 0 saturated heterocycles. The van der Waals surface area contributed by atoms with E-state index in [4.69, 9.17) is 0 Å². The molecular weight excluding hydrogens is 251 g/mol. The van der Waals surface area contributed by atoms with Crippen molar-refractivity contribution >= 4 is 0 Å². The fraction of sp³-hybridized carbons (Fsp3) is 0.333. The largest absolute Gasteiger partial charge is 0.0805 e. The molecule has 1 aliphatic rings. The number of hydrogen-bond acceptors (Lipinski definition) is 0. The van der Waals surface area contributed by atoms with Crippen LogP contribution in [0.25, 0.3) is 0 Å². The van der Waals surface area contributed by atoms with Crippen molar-refractivity contribution in [3.05, 3.63) is 23.8 Å². The Kier molecular flexibility index (Phi) is 3.53. The van der Waals surface area contributed by atoms with E-state index in [2.05, 4.69) is 25.2 Å². The molecule has 0 bridgehead atoms. The van der Waals surface area contributed by atoms with Gasteiger partial charge in [0.25, 0.3) is 0 Å². The predicted octanol–water partition coefficient (Wildman–Crippen LogP) is 1.89. The summed E-state index contributed by atoms with van der Waals surface area (Å²) in [5.41, 5.74) is 1.40. The summed E-state index contributed by atoms with van der Waals surface area (Å²) in [5.74, 6) is 0. The van der Waals surface area contributed by atoms with Crippen LogP contribution in [-0.2, 0) is 25.8 Å². The van der Waals surface area contributed by atoms with Crippen LogP contribution in [0.4, 0.5) is 0 Å². The minimum Gasteiger partial charge on any atom is -0.0805 e. The normalized spacial score (nSPS) is 15.9. The van der Waals surface area contributed by atoms with Gasteiger partial charge in [-0.2, -0.15) is 0 Å². The monoisotopic (exact) mass is 260 g/mol. The molecule has 1 heteroatoms. The van der Waals surface area contributed by atoms with E-state index >= 15 is 0 Å². The van der Waals surface area contributed by atoms with Gasteiger partial charge in [-0.25, -0.2) is 0 Å². The van der Waals surface area contributed by atoms with Gasteiger partial charge in [0.15, 0.2) is 0 Å². The maximum absolute atomic E-state index is 2.21. The molecule has 0 aliphatic heterocycles. The molecule has 0 aromatic carbocycles. The van der Waals surface area contributed by atoms with E-state index in [1.807, 2.05) is 0 Å². The van der Waals surface area contributed by atoms with Crippen molar-refractivity contribution in [3.63, 3.8) is 0 Å². The molecule has 0 aromatic rings. The van der Waals surface area contributed by atoms with Crippen molar-refractivity contribution in [1.82, 2.24) is 0 Å². The van der Waals surface area contributed by atoms with E-state index in [9.17, 15) is 0 Å². The average molecular weight is 259 g/mol. The molecule has 0 atom stereocenters. The molecule has 0 fully saturated rings. The third-order valence-corrected chi connectivity index (χ3v) is 0.957. The van der Waals surface area contributed by atoms with Crippen molar-refractivity contribution in [2.24, 2.45) is 0 Å². The molecule has 0 aromatic heterocycles. The van der Waals surface area contributed by atoms with Crippen LogP contribution in [0.3, 0.4) is 0 Å². The second-order valence-electron chi connectivity index (χ2n) is 1.59. The van der Waals surface area contributed by atoms with Crippen LogP contribution < -0.4 is 0 Å². The van der Waals surface area contributed by atoms with E-state index < -0.39 is 0 Å². The molecule has 0 N–H and O–H groups in total. The summed E-state index contributed by atoms with van der Waals surface area (Å²) in [6, 6.07) is 0. The minimum atomic E-state index is 0. The summed E-state index contributed by atoms with van der Waals surface area (Å²) in [6.45, 7) is 2.11. The molecule has 7 heavy (non-hydrogen) atoms. The van der Waals surface area contributed by atoms with Crippen molar-refractivity contribution < 1.29 is 25.8 Å². The molecule has 1 aliphatic carbocycles. The number of allylic oxidation sites excluding steroid dienone is 4. The molecular formula is C6H8Hf. The van der Waals surface area contributed by atoms with E-state index in [0.29, 0.717) is 0 Å². The van der Waals surface area contributed by atoms with Gasteiger partial charge in [0.1, 0.15) is 0 Å². The van der Waals surface area contributed by atoms with Gasteiger partial charge in [-0.05, 0) is 13.3 Å². The van der Waals surface area contributed by atoms with Crippen LogP contribution >= 0.6 is 0 Å². The predicted molar refractivity (Wildman–Crippen MR) is 27.5 cm³/mol. The zero-order valence-corrected chi connectivity index (χ0v) is 8.03. The fourth-order valence-electron chi connectivity index (χ4n) is 0.576. The summed E-state index contributed by atoms with van der Waals surface area (Å²) >= 11 is 0. The van der Waals surface area contributed by atoms with E-state index in [1.165, 1.54) is 5.57 Å². The first-order valence-corrected chi connectivity index (χ1v) is 2.23. The summed E-state index contributed by atoms with van der Waals surface area (Å²) in [7, 11) is 0. The molecule has 0 spiro atoms. The zero-order valence-electron chi connectivity index (χ0n) is 4.44. The first-order chi connectivity index (χ1) is 2.89. The molecule has 0 unspecified atom stereocenters. The Balaban J connectivity index is 0.000000360. The smallest absolute Gasteiger partial charge is 0 e. The van der Waals surface area contributed by atoms with Crippen LogP contribution in [0, 0.1) is 0 Å². The number of rotatable bonds is 0. The van der Waals surface area contributed by atoms with Gasteiger partial charge in [-0.15, -0.1) is 0 Å². The van der Waals surface area contributed by atoms with Crippen LogP contribution in [0.2, 0.25) is 0 Å². The molecule has 0 saturated carbocycles. The first-order valence-electron chi connectivity index (χ1n) is 2.23. The molecule has 0 amide bonds. The van der Waals surface area contributed by atoms with E-state index in [-0.39, 0.29) is 25.8 Å². The van der Waals surface area contributed by atoms with Crippen molar-refractivity contribution in [2.45, 2.75) is 13.3 Å². The molecule has 0 heterocycles. The molecule has 0 radical (unpaired) electrons. The van der Waals surface area contributed by atoms with Gasteiger partial charge < -0.3 is 0 Å². The first kappa shape index (κ1) is 7.35. The second kappa shape index (κ2) is 3.36. The molecule has 36 valence electrons. The maximum Gasteiger partial charge on any atom is 0 e. The third kappa shape index (κ3) is 2.22. The molecule has 0 nitrogen and oxygen atoms in total. The SMILES string of the molecule is CC1=CCC=C1.[Hf]. The third-order valence-electron chi connectivity index (χ3n) is 0.957. The van der Waals surface area contributed by atoms with Crippen molar-refractivity contribution in [1.29, 1.82) is 0 Å². The summed E-state index contributed by atoms with van der Waals surface area (Å²) in [6.07, 6.45) is 7.65. The Morgan fingerprint density at radius 1 is 1.57 bits per heavy atom. The zero-order chi connectivity index (χ0) is 4.41. The van der Waals surface area contributed by atoms with Crippen LogP contribution in [0.15, 0.2) is 23.8 Å².